The molecule has 2 amide bonds. The van der Waals surface area contributed by atoms with Crippen molar-refractivity contribution in [2.75, 3.05) is 24.7 Å². The summed E-state index contributed by atoms with van der Waals surface area (Å²) in [7, 11) is 0. The maximum absolute atomic E-state index is 12.3. The van der Waals surface area contributed by atoms with Crippen LogP contribution in [-0.2, 0) is 20.7 Å². The standard InChI is InChI=1S/C19H18N2O5/c20-19(24)14-6-2-4-8-16(14)25-12-18(23)26-11-17(22)21-10-9-13-5-1-3-7-15(13)21/h1-8H,9-12H2,(H2,20,24). The summed E-state index contributed by atoms with van der Waals surface area (Å²) in [6.07, 6.45) is 0.781. The van der Waals surface area contributed by atoms with Crippen LogP contribution in [0.25, 0.3) is 0 Å². The molecule has 134 valence electrons. The third-order valence-corrected chi connectivity index (χ3v) is 4.04. The number of ether oxygens (including phenoxy) is 2. The van der Waals surface area contributed by atoms with E-state index >= 15 is 0 Å². The van der Waals surface area contributed by atoms with Gasteiger partial charge < -0.3 is 20.1 Å². The Bertz CT molecular complexity index is 849. The highest BCUT2D eigenvalue weighted by Gasteiger charge is 2.24. The fourth-order valence-electron chi connectivity index (χ4n) is 2.79. The van der Waals surface area contributed by atoms with Crippen LogP contribution in [0.15, 0.2) is 48.5 Å². The van der Waals surface area contributed by atoms with Gasteiger partial charge in [0.05, 0.1) is 5.56 Å². The van der Waals surface area contributed by atoms with Gasteiger partial charge >= 0.3 is 5.97 Å². The molecular weight excluding hydrogens is 336 g/mol. The topological polar surface area (TPSA) is 98.9 Å². The van der Waals surface area contributed by atoms with Crippen molar-refractivity contribution >= 4 is 23.5 Å². The lowest BCUT2D eigenvalue weighted by molar-refractivity contribution is -0.149. The van der Waals surface area contributed by atoms with E-state index in [1.807, 2.05) is 24.3 Å². The van der Waals surface area contributed by atoms with E-state index in [1.54, 1.807) is 17.0 Å². The third-order valence-electron chi connectivity index (χ3n) is 4.04. The van der Waals surface area contributed by atoms with Crippen molar-refractivity contribution in [2.45, 2.75) is 6.42 Å². The zero-order chi connectivity index (χ0) is 18.5. The summed E-state index contributed by atoms with van der Waals surface area (Å²) in [6, 6.07) is 13.9. The van der Waals surface area contributed by atoms with Crippen LogP contribution in [0.2, 0.25) is 0 Å². The molecular formula is C19H18N2O5. The fraction of sp³-hybridized carbons (Fsp3) is 0.211. The van der Waals surface area contributed by atoms with Gasteiger partial charge in [0, 0.05) is 12.2 Å². The predicted molar refractivity (Wildman–Crippen MR) is 93.9 cm³/mol. The van der Waals surface area contributed by atoms with Gasteiger partial charge in [-0.05, 0) is 30.2 Å². The second-order valence-corrected chi connectivity index (χ2v) is 5.73. The first-order valence-corrected chi connectivity index (χ1v) is 8.12. The van der Waals surface area contributed by atoms with Crippen molar-refractivity contribution in [3.63, 3.8) is 0 Å². The number of amides is 2. The molecule has 0 radical (unpaired) electrons. The monoisotopic (exact) mass is 354 g/mol. The number of anilines is 1. The molecule has 0 unspecified atom stereocenters. The molecule has 2 aromatic carbocycles. The first-order chi connectivity index (χ1) is 12.6. The van der Waals surface area contributed by atoms with Crippen molar-refractivity contribution in [1.82, 2.24) is 0 Å². The molecule has 1 aliphatic heterocycles. The van der Waals surface area contributed by atoms with Crippen LogP contribution >= 0.6 is 0 Å². The second-order valence-electron chi connectivity index (χ2n) is 5.73. The largest absolute Gasteiger partial charge is 0.481 e. The fourth-order valence-corrected chi connectivity index (χ4v) is 2.79. The number of para-hydroxylation sites is 2. The molecule has 0 atom stereocenters. The number of esters is 1. The zero-order valence-electron chi connectivity index (χ0n) is 14.0. The summed E-state index contributed by atoms with van der Waals surface area (Å²) in [4.78, 5) is 37.0. The van der Waals surface area contributed by atoms with Gasteiger partial charge in [-0.1, -0.05) is 30.3 Å². The van der Waals surface area contributed by atoms with E-state index in [2.05, 4.69) is 0 Å². The Morgan fingerprint density at radius 1 is 1.00 bits per heavy atom. The van der Waals surface area contributed by atoms with Crippen LogP contribution < -0.4 is 15.4 Å². The number of hydrogen-bond acceptors (Lipinski definition) is 5. The lowest BCUT2D eigenvalue weighted by Gasteiger charge is -2.17. The van der Waals surface area contributed by atoms with Crippen molar-refractivity contribution < 1.29 is 23.9 Å². The zero-order valence-corrected chi connectivity index (χ0v) is 14.0. The molecule has 0 bridgehead atoms. The second kappa shape index (κ2) is 7.69. The molecule has 0 aromatic heterocycles. The maximum Gasteiger partial charge on any atom is 0.344 e. The molecule has 26 heavy (non-hydrogen) atoms. The van der Waals surface area contributed by atoms with Crippen molar-refractivity contribution in [3.05, 3.63) is 59.7 Å². The van der Waals surface area contributed by atoms with Gasteiger partial charge in [-0.3, -0.25) is 9.59 Å². The van der Waals surface area contributed by atoms with Crippen LogP contribution in [0.4, 0.5) is 5.69 Å². The maximum atomic E-state index is 12.3. The molecule has 2 aromatic rings. The number of benzene rings is 2. The van der Waals surface area contributed by atoms with Crippen molar-refractivity contribution in [1.29, 1.82) is 0 Å². The smallest absolute Gasteiger partial charge is 0.344 e. The van der Waals surface area contributed by atoms with E-state index in [0.29, 0.717) is 6.54 Å². The molecule has 0 fully saturated rings. The minimum Gasteiger partial charge on any atom is -0.481 e. The van der Waals surface area contributed by atoms with E-state index in [4.69, 9.17) is 15.2 Å². The molecule has 7 nitrogen and oxygen atoms in total. The summed E-state index contributed by atoms with van der Waals surface area (Å²) in [5, 5.41) is 0. The number of carbonyl (C=O) groups excluding carboxylic acids is 3. The third kappa shape index (κ3) is 3.83. The Morgan fingerprint density at radius 2 is 1.73 bits per heavy atom. The summed E-state index contributed by atoms with van der Waals surface area (Å²) in [5.41, 5.74) is 7.36. The van der Waals surface area contributed by atoms with Crippen LogP contribution in [-0.4, -0.2) is 37.5 Å². The van der Waals surface area contributed by atoms with Gasteiger partial charge in [-0.25, -0.2) is 4.79 Å². The number of nitrogens with two attached hydrogens (primary N) is 1. The Balaban J connectivity index is 1.51. The summed E-state index contributed by atoms with van der Waals surface area (Å²) in [5.74, 6) is -1.46. The normalized spacial score (nSPS) is 12.4. The minimum atomic E-state index is -0.704. The number of nitrogens with zero attached hydrogens (tertiary/aromatic N) is 1. The van der Waals surface area contributed by atoms with Gasteiger partial charge in [0.25, 0.3) is 11.8 Å². The number of rotatable bonds is 6. The summed E-state index contributed by atoms with van der Waals surface area (Å²) < 4.78 is 10.3. The van der Waals surface area contributed by atoms with E-state index in [-0.39, 0.29) is 23.8 Å². The van der Waals surface area contributed by atoms with E-state index in [0.717, 1.165) is 17.7 Å². The average Bonchev–Trinajstić information content (AvgIpc) is 3.08. The summed E-state index contributed by atoms with van der Waals surface area (Å²) >= 11 is 0. The van der Waals surface area contributed by atoms with Gasteiger partial charge in [0.1, 0.15) is 5.75 Å². The highest BCUT2D eigenvalue weighted by atomic mass is 16.6. The molecule has 2 N–H and O–H groups in total. The molecule has 1 aliphatic rings. The highest BCUT2D eigenvalue weighted by molar-refractivity contribution is 5.97. The highest BCUT2D eigenvalue weighted by Crippen LogP contribution is 2.27. The van der Waals surface area contributed by atoms with E-state index < -0.39 is 18.5 Å². The van der Waals surface area contributed by atoms with Crippen LogP contribution in [0.1, 0.15) is 15.9 Å². The molecule has 0 saturated heterocycles. The van der Waals surface area contributed by atoms with Gasteiger partial charge in [-0.2, -0.15) is 0 Å². The van der Waals surface area contributed by atoms with Gasteiger partial charge in [0.15, 0.2) is 13.2 Å². The number of fused-ring (bicyclic) bond motifs is 1. The Labute approximate surface area is 150 Å². The summed E-state index contributed by atoms with van der Waals surface area (Å²) in [6.45, 7) is -0.222. The quantitative estimate of drug-likeness (QED) is 0.788. The first-order valence-electron chi connectivity index (χ1n) is 8.12. The van der Waals surface area contributed by atoms with E-state index in [9.17, 15) is 14.4 Å². The first kappa shape index (κ1) is 17.5. The van der Waals surface area contributed by atoms with E-state index in [1.165, 1.54) is 12.1 Å². The molecule has 1 heterocycles. The number of carbonyl (C=O) groups is 3. The number of primary amides is 1. The molecule has 7 heteroatoms. The van der Waals surface area contributed by atoms with Crippen LogP contribution in [0.3, 0.4) is 0 Å². The Kier molecular flexibility index (Phi) is 5.17. The van der Waals surface area contributed by atoms with Gasteiger partial charge in [0.2, 0.25) is 0 Å². The van der Waals surface area contributed by atoms with Gasteiger partial charge in [-0.15, -0.1) is 0 Å². The lowest BCUT2D eigenvalue weighted by atomic mass is 10.2. The molecule has 0 saturated carbocycles. The van der Waals surface area contributed by atoms with Crippen LogP contribution in [0, 0.1) is 0 Å². The predicted octanol–water partition coefficient (Wildman–Crippen LogP) is 1.30. The molecule has 0 spiro atoms. The molecule has 3 rings (SSSR count). The van der Waals surface area contributed by atoms with Crippen molar-refractivity contribution in [2.24, 2.45) is 5.73 Å². The lowest BCUT2D eigenvalue weighted by Crippen LogP contribution is -2.33. The van der Waals surface area contributed by atoms with Crippen molar-refractivity contribution in [3.8, 4) is 5.75 Å². The minimum absolute atomic E-state index is 0.171. The number of hydrogen-bond donors (Lipinski definition) is 1. The average molecular weight is 354 g/mol. The molecule has 0 aliphatic carbocycles. The van der Waals surface area contributed by atoms with Crippen LogP contribution in [0.5, 0.6) is 5.75 Å². The Hall–Kier alpha value is -3.35. The Morgan fingerprint density at radius 3 is 2.54 bits per heavy atom. The SMILES string of the molecule is NC(=O)c1ccccc1OCC(=O)OCC(=O)N1CCc2ccccc21.